The molecule has 0 spiro atoms. The molecule has 150 valence electrons. The lowest BCUT2D eigenvalue weighted by Crippen LogP contribution is -2.46. The van der Waals surface area contributed by atoms with Crippen molar-refractivity contribution in [1.29, 1.82) is 0 Å². The predicted octanol–water partition coefficient (Wildman–Crippen LogP) is 4.47. The highest BCUT2D eigenvalue weighted by Crippen LogP contribution is 2.24. The van der Waals surface area contributed by atoms with Crippen LogP contribution in [0.1, 0.15) is 22.4 Å². The molecule has 1 N–H and O–H groups in total. The number of benzene rings is 2. The molecule has 1 fully saturated rings. The zero-order chi connectivity index (χ0) is 20.2. The summed E-state index contributed by atoms with van der Waals surface area (Å²) in [6.07, 6.45) is 0. The fraction of sp³-hybridized carbons (Fsp3) is 0.333. The van der Waals surface area contributed by atoms with Gasteiger partial charge in [0.25, 0.3) is 0 Å². The smallest absolute Gasteiger partial charge is 0.227 e. The quantitative estimate of drug-likeness (QED) is 0.700. The number of nitrogens with one attached hydrogen (secondary N) is 1. The van der Waals surface area contributed by atoms with Crippen LogP contribution >= 0.6 is 0 Å². The summed E-state index contributed by atoms with van der Waals surface area (Å²) in [5.41, 5.74) is 5.97. The van der Waals surface area contributed by atoms with Crippen molar-refractivity contribution in [2.24, 2.45) is 0 Å². The number of hydrogen-bond acceptors (Lipinski definition) is 5. The first-order chi connectivity index (χ1) is 14.1. The molecule has 5 nitrogen and oxygen atoms in total. The van der Waals surface area contributed by atoms with E-state index in [2.05, 4.69) is 77.5 Å². The molecule has 29 heavy (non-hydrogen) atoms. The molecule has 0 saturated carbocycles. The SMILES string of the molecule is Cc1cc(Nc2cccc(C)c2C)nc(N2CCN(Cc3ccccc3)CC2)n1. The van der Waals surface area contributed by atoms with Crippen LogP contribution in [0.5, 0.6) is 0 Å². The summed E-state index contributed by atoms with van der Waals surface area (Å²) < 4.78 is 0. The highest BCUT2D eigenvalue weighted by molar-refractivity contribution is 5.63. The van der Waals surface area contributed by atoms with E-state index < -0.39 is 0 Å². The van der Waals surface area contributed by atoms with Crippen molar-refractivity contribution in [2.75, 3.05) is 36.4 Å². The molecular formula is C24H29N5. The molecule has 5 heteroatoms. The molecule has 0 amide bonds. The Morgan fingerprint density at radius 1 is 0.862 bits per heavy atom. The van der Waals surface area contributed by atoms with Crippen LogP contribution in [-0.2, 0) is 6.54 Å². The Morgan fingerprint density at radius 3 is 2.38 bits per heavy atom. The van der Waals surface area contributed by atoms with Crippen LogP contribution in [0.15, 0.2) is 54.6 Å². The summed E-state index contributed by atoms with van der Waals surface area (Å²) >= 11 is 0. The van der Waals surface area contributed by atoms with Crippen LogP contribution in [0.3, 0.4) is 0 Å². The Bertz CT molecular complexity index is 962. The highest BCUT2D eigenvalue weighted by Gasteiger charge is 2.20. The monoisotopic (exact) mass is 387 g/mol. The molecular weight excluding hydrogens is 358 g/mol. The third-order valence-corrected chi connectivity index (χ3v) is 5.61. The minimum Gasteiger partial charge on any atom is -0.340 e. The third kappa shape index (κ3) is 4.74. The van der Waals surface area contributed by atoms with Gasteiger partial charge in [0, 0.05) is 50.2 Å². The van der Waals surface area contributed by atoms with Crippen LogP contribution in [0, 0.1) is 20.8 Å². The second-order valence-electron chi connectivity index (χ2n) is 7.82. The number of aromatic nitrogens is 2. The first-order valence-corrected chi connectivity index (χ1v) is 10.3. The van der Waals surface area contributed by atoms with Crippen molar-refractivity contribution >= 4 is 17.5 Å². The Morgan fingerprint density at radius 2 is 1.62 bits per heavy atom. The van der Waals surface area contributed by atoms with E-state index in [4.69, 9.17) is 9.97 Å². The largest absolute Gasteiger partial charge is 0.340 e. The van der Waals surface area contributed by atoms with Crippen molar-refractivity contribution in [2.45, 2.75) is 27.3 Å². The van der Waals surface area contributed by atoms with E-state index in [-0.39, 0.29) is 0 Å². The summed E-state index contributed by atoms with van der Waals surface area (Å²) in [6, 6.07) is 19.0. The van der Waals surface area contributed by atoms with E-state index in [1.54, 1.807) is 0 Å². The maximum atomic E-state index is 4.82. The summed E-state index contributed by atoms with van der Waals surface area (Å²) in [5, 5.41) is 3.49. The lowest BCUT2D eigenvalue weighted by Gasteiger charge is -2.35. The van der Waals surface area contributed by atoms with Crippen molar-refractivity contribution < 1.29 is 0 Å². The van der Waals surface area contributed by atoms with Gasteiger partial charge in [0.15, 0.2) is 0 Å². The molecule has 3 aromatic rings. The molecule has 4 rings (SSSR count). The zero-order valence-corrected chi connectivity index (χ0v) is 17.5. The Hall–Kier alpha value is -2.92. The molecule has 1 aliphatic heterocycles. The summed E-state index contributed by atoms with van der Waals surface area (Å²) in [7, 11) is 0. The molecule has 1 aromatic heterocycles. The van der Waals surface area contributed by atoms with E-state index in [1.807, 2.05) is 13.0 Å². The van der Waals surface area contributed by atoms with Gasteiger partial charge in [-0.15, -0.1) is 0 Å². The average Bonchev–Trinajstić information content (AvgIpc) is 2.72. The average molecular weight is 388 g/mol. The van der Waals surface area contributed by atoms with Crippen molar-refractivity contribution in [1.82, 2.24) is 14.9 Å². The van der Waals surface area contributed by atoms with Gasteiger partial charge in [-0.1, -0.05) is 42.5 Å². The number of anilines is 3. The molecule has 2 aromatic carbocycles. The number of aryl methyl sites for hydroxylation is 2. The van der Waals surface area contributed by atoms with E-state index in [9.17, 15) is 0 Å². The molecule has 0 unspecified atom stereocenters. The number of piperazine rings is 1. The van der Waals surface area contributed by atoms with Gasteiger partial charge >= 0.3 is 0 Å². The standard InChI is InChI=1S/C24H29N5/c1-18-8-7-11-22(20(18)3)26-23-16-19(2)25-24(27-23)29-14-12-28(13-15-29)17-21-9-5-4-6-10-21/h4-11,16H,12-15,17H2,1-3H3,(H,25,26,27). The molecule has 0 aliphatic carbocycles. The van der Waals surface area contributed by atoms with Gasteiger partial charge in [-0.05, 0) is 43.5 Å². The van der Waals surface area contributed by atoms with Crippen molar-refractivity contribution in [3.05, 3.63) is 77.0 Å². The fourth-order valence-corrected chi connectivity index (χ4v) is 3.73. The lowest BCUT2D eigenvalue weighted by molar-refractivity contribution is 0.248. The van der Waals surface area contributed by atoms with Crippen LogP contribution in [0.25, 0.3) is 0 Å². The van der Waals surface area contributed by atoms with Gasteiger partial charge < -0.3 is 10.2 Å². The van der Waals surface area contributed by atoms with E-state index in [1.165, 1.54) is 16.7 Å². The third-order valence-electron chi connectivity index (χ3n) is 5.61. The van der Waals surface area contributed by atoms with Gasteiger partial charge in [-0.2, -0.15) is 4.98 Å². The maximum absolute atomic E-state index is 4.82. The van der Waals surface area contributed by atoms with E-state index in [0.29, 0.717) is 0 Å². The predicted molar refractivity (Wildman–Crippen MR) is 120 cm³/mol. The lowest BCUT2D eigenvalue weighted by atomic mass is 10.1. The highest BCUT2D eigenvalue weighted by atomic mass is 15.3. The van der Waals surface area contributed by atoms with Crippen LogP contribution in [0.2, 0.25) is 0 Å². The maximum Gasteiger partial charge on any atom is 0.227 e. The Labute approximate surface area is 173 Å². The number of rotatable bonds is 5. The summed E-state index contributed by atoms with van der Waals surface area (Å²) in [4.78, 5) is 14.3. The second-order valence-corrected chi connectivity index (χ2v) is 7.82. The van der Waals surface area contributed by atoms with Crippen molar-refractivity contribution in [3.63, 3.8) is 0 Å². The normalized spacial score (nSPS) is 14.8. The van der Waals surface area contributed by atoms with E-state index in [0.717, 1.165) is 55.9 Å². The molecule has 0 bridgehead atoms. The second kappa shape index (κ2) is 8.62. The van der Waals surface area contributed by atoms with Crippen molar-refractivity contribution in [3.8, 4) is 0 Å². The first-order valence-electron chi connectivity index (χ1n) is 10.3. The number of hydrogen-bond donors (Lipinski definition) is 1. The van der Waals surface area contributed by atoms with Gasteiger partial charge in [-0.3, -0.25) is 4.90 Å². The molecule has 0 atom stereocenters. The van der Waals surface area contributed by atoms with Gasteiger partial charge in [0.2, 0.25) is 5.95 Å². The minimum absolute atomic E-state index is 0.817. The van der Waals surface area contributed by atoms with Crippen LogP contribution in [-0.4, -0.2) is 41.0 Å². The molecule has 2 heterocycles. The zero-order valence-electron chi connectivity index (χ0n) is 17.5. The van der Waals surface area contributed by atoms with Crippen LogP contribution in [0.4, 0.5) is 17.5 Å². The summed E-state index contributed by atoms with van der Waals surface area (Å²) in [5.74, 6) is 1.67. The molecule has 1 aliphatic rings. The first kappa shape index (κ1) is 19.4. The summed E-state index contributed by atoms with van der Waals surface area (Å²) in [6.45, 7) is 11.2. The topological polar surface area (TPSA) is 44.3 Å². The number of nitrogens with zero attached hydrogens (tertiary/aromatic N) is 4. The van der Waals surface area contributed by atoms with Crippen LogP contribution < -0.4 is 10.2 Å². The molecule has 1 saturated heterocycles. The molecule has 0 radical (unpaired) electrons. The fourth-order valence-electron chi connectivity index (χ4n) is 3.73. The van der Waals surface area contributed by atoms with E-state index >= 15 is 0 Å². The Kier molecular flexibility index (Phi) is 5.76. The van der Waals surface area contributed by atoms with Gasteiger partial charge in [-0.25, -0.2) is 4.98 Å². The minimum atomic E-state index is 0.817. The Balaban J connectivity index is 1.43. The van der Waals surface area contributed by atoms with Gasteiger partial charge in [0.05, 0.1) is 0 Å². The van der Waals surface area contributed by atoms with Gasteiger partial charge in [0.1, 0.15) is 5.82 Å².